The Hall–Kier alpha value is -0.940. The van der Waals surface area contributed by atoms with Crippen LogP contribution in [0.25, 0.3) is 0 Å². The molecule has 5 heteroatoms. The molecular weight excluding hydrogens is 206 g/mol. The second-order valence-corrected chi connectivity index (χ2v) is 4.17. The van der Waals surface area contributed by atoms with Crippen LogP contribution in [0.1, 0.15) is 31.0 Å². The first-order valence-electron chi connectivity index (χ1n) is 5.95. The predicted octanol–water partition coefficient (Wildman–Crippen LogP) is 1.08. The molecule has 2 heterocycles. The van der Waals surface area contributed by atoms with Crippen molar-refractivity contribution < 1.29 is 9.26 Å². The number of hydrogen-bond donors (Lipinski definition) is 1. The minimum absolute atomic E-state index is 0.579. The van der Waals surface area contributed by atoms with E-state index in [2.05, 4.69) is 15.5 Å². The van der Waals surface area contributed by atoms with Crippen LogP contribution in [0.3, 0.4) is 0 Å². The van der Waals surface area contributed by atoms with Gasteiger partial charge in [-0.2, -0.15) is 4.98 Å². The molecule has 1 saturated heterocycles. The maximum atomic E-state index is 5.41. The lowest BCUT2D eigenvalue weighted by molar-refractivity contribution is 0.142. The third kappa shape index (κ3) is 3.57. The highest BCUT2D eigenvalue weighted by Crippen LogP contribution is 2.07. The summed E-state index contributed by atoms with van der Waals surface area (Å²) < 4.78 is 10.3. The minimum Gasteiger partial charge on any atom is -0.381 e. The van der Waals surface area contributed by atoms with Gasteiger partial charge in [0.1, 0.15) is 0 Å². The van der Waals surface area contributed by atoms with Crippen LogP contribution in [-0.2, 0) is 11.2 Å². The zero-order chi connectivity index (χ0) is 11.2. The average Bonchev–Trinajstić information content (AvgIpc) is 2.54. The van der Waals surface area contributed by atoms with Gasteiger partial charge in [-0.3, -0.25) is 0 Å². The van der Waals surface area contributed by atoms with Crippen molar-refractivity contribution in [1.29, 1.82) is 0 Å². The fourth-order valence-corrected chi connectivity index (χ4v) is 1.94. The molecule has 2 rings (SSSR count). The van der Waals surface area contributed by atoms with Gasteiger partial charge in [-0.1, -0.05) is 5.16 Å². The van der Waals surface area contributed by atoms with Gasteiger partial charge >= 0.3 is 0 Å². The number of nitrogens with zero attached hydrogens (tertiary/aromatic N) is 2. The van der Waals surface area contributed by atoms with Crippen molar-refractivity contribution in [3.63, 3.8) is 0 Å². The lowest BCUT2D eigenvalue weighted by atomic mass is 10.1. The molecule has 5 nitrogen and oxygen atoms in total. The molecule has 90 valence electrons. The first kappa shape index (κ1) is 11.5. The summed E-state index contributed by atoms with van der Waals surface area (Å²) in [5.41, 5.74) is 0. The van der Waals surface area contributed by atoms with Crippen LogP contribution in [0.5, 0.6) is 0 Å². The van der Waals surface area contributed by atoms with Crippen LogP contribution in [0.4, 0.5) is 0 Å². The average molecular weight is 225 g/mol. The smallest absolute Gasteiger partial charge is 0.223 e. The normalized spacial score (nSPS) is 21.9. The molecule has 1 aromatic rings. The van der Waals surface area contributed by atoms with E-state index in [4.69, 9.17) is 9.26 Å². The molecular formula is C11H19N3O2. The van der Waals surface area contributed by atoms with Gasteiger partial charge in [0.15, 0.2) is 5.82 Å². The highest BCUT2D eigenvalue weighted by atomic mass is 16.5. The Labute approximate surface area is 95.6 Å². The molecule has 0 radical (unpaired) electrons. The molecule has 0 bridgehead atoms. The van der Waals surface area contributed by atoms with Crippen molar-refractivity contribution in [2.75, 3.05) is 19.8 Å². The summed E-state index contributed by atoms with van der Waals surface area (Å²) in [4.78, 5) is 4.17. The van der Waals surface area contributed by atoms with Gasteiger partial charge in [0.25, 0.3) is 0 Å². The van der Waals surface area contributed by atoms with Gasteiger partial charge in [-0.05, 0) is 19.3 Å². The summed E-state index contributed by atoms with van der Waals surface area (Å²) in [7, 11) is 0. The number of nitrogens with one attached hydrogen (secondary N) is 1. The van der Waals surface area contributed by atoms with E-state index in [0.29, 0.717) is 11.9 Å². The van der Waals surface area contributed by atoms with Crippen molar-refractivity contribution in [2.24, 2.45) is 0 Å². The summed E-state index contributed by atoms with van der Waals surface area (Å²) in [6.07, 6.45) is 4.28. The quantitative estimate of drug-likeness (QED) is 0.830. The van der Waals surface area contributed by atoms with Crippen molar-refractivity contribution in [1.82, 2.24) is 15.5 Å². The highest BCUT2D eigenvalue weighted by molar-refractivity contribution is 4.85. The SMILES string of the molecule is Cc1nc(CCNC2CCCOCC2)no1. The molecule has 1 fully saturated rings. The predicted molar refractivity (Wildman–Crippen MR) is 59.2 cm³/mol. The van der Waals surface area contributed by atoms with Crippen LogP contribution >= 0.6 is 0 Å². The van der Waals surface area contributed by atoms with Crippen molar-refractivity contribution in [3.05, 3.63) is 11.7 Å². The molecule has 1 N–H and O–H groups in total. The first-order valence-corrected chi connectivity index (χ1v) is 5.95. The first-order chi connectivity index (χ1) is 7.84. The molecule has 1 aliphatic rings. The van der Waals surface area contributed by atoms with Crippen LogP contribution in [0, 0.1) is 6.92 Å². The van der Waals surface area contributed by atoms with Gasteiger partial charge in [0.05, 0.1) is 0 Å². The highest BCUT2D eigenvalue weighted by Gasteiger charge is 2.11. The number of hydrogen-bond acceptors (Lipinski definition) is 5. The van der Waals surface area contributed by atoms with E-state index in [1.54, 1.807) is 0 Å². The Kier molecular flexibility index (Phi) is 4.30. The topological polar surface area (TPSA) is 60.2 Å². The van der Waals surface area contributed by atoms with Crippen molar-refractivity contribution in [3.8, 4) is 0 Å². The van der Waals surface area contributed by atoms with Gasteiger partial charge in [0.2, 0.25) is 5.89 Å². The lowest BCUT2D eigenvalue weighted by Crippen LogP contribution is -2.31. The molecule has 0 spiro atoms. The molecule has 1 atom stereocenters. The summed E-state index contributed by atoms with van der Waals surface area (Å²) in [5.74, 6) is 1.42. The molecule has 0 aliphatic carbocycles. The van der Waals surface area contributed by atoms with Crippen LogP contribution < -0.4 is 5.32 Å². The Bertz CT molecular complexity index is 306. The van der Waals surface area contributed by atoms with Crippen LogP contribution in [0.15, 0.2) is 4.52 Å². The molecule has 1 unspecified atom stereocenters. The zero-order valence-electron chi connectivity index (χ0n) is 9.74. The Balaban J connectivity index is 1.67. The number of rotatable bonds is 4. The number of aromatic nitrogens is 2. The third-order valence-corrected chi connectivity index (χ3v) is 2.80. The Morgan fingerprint density at radius 1 is 1.38 bits per heavy atom. The molecule has 1 aromatic heterocycles. The zero-order valence-corrected chi connectivity index (χ0v) is 9.74. The molecule has 0 amide bonds. The van der Waals surface area contributed by atoms with E-state index in [9.17, 15) is 0 Å². The van der Waals surface area contributed by atoms with Gasteiger partial charge < -0.3 is 14.6 Å². The van der Waals surface area contributed by atoms with E-state index in [0.717, 1.165) is 44.8 Å². The lowest BCUT2D eigenvalue weighted by Gasteiger charge is -2.14. The summed E-state index contributed by atoms with van der Waals surface area (Å²) in [6, 6.07) is 0.579. The Morgan fingerprint density at radius 2 is 2.31 bits per heavy atom. The summed E-state index contributed by atoms with van der Waals surface area (Å²) in [5, 5.41) is 7.38. The monoisotopic (exact) mass is 225 g/mol. The fraction of sp³-hybridized carbons (Fsp3) is 0.818. The number of aryl methyl sites for hydroxylation is 1. The minimum atomic E-state index is 0.579. The van der Waals surface area contributed by atoms with Gasteiger partial charge in [-0.25, -0.2) is 0 Å². The maximum absolute atomic E-state index is 5.41. The second-order valence-electron chi connectivity index (χ2n) is 4.17. The molecule has 16 heavy (non-hydrogen) atoms. The summed E-state index contributed by atoms with van der Waals surface area (Å²) in [6.45, 7) is 4.50. The van der Waals surface area contributed by atoms with E-state index in [-0.39, 0.29) is 0 Å². The standard InChI is InChI=1S/C11H19N3O2/c1-9-13-11(14-16-9)4-6-12-10-3-2-7-15-8-5-10/h10,12H,2-8H2,1H3. The molecule has 1 aliphatic heterocycles. The second kappa shape index (κ2) is 5.96. The molecule has 0 aromatic carbocycles. The van der Waals surface area contributed by atoms with Crippen LogP contribution in [-0.4, -0.2) is 35.9 Å². The van der Waals surface area contributed by atoms with Gasteiger partial charge in [-0.15, -0.1) is 0 Å². The third-order valence-electron chi connectivity index (χ3n) is 2.80. The van der Waals surface area contributed by atoms with E-state index < -0.39 is 0 Å². The number of ether oxygens (including phenoxy) is 1. The Morgan fingerprint density at radius 3 is 3.12 bits per heavy atom. The van der Waals surface area contributed by atoms with E-state index >= 15 is 0 Å². The fourth-order valence-electron chi connectivity index (χ4n) is 1.94. The van der Waals surface area contributed by atoms with Crippen molar-refractivity contribution >= 4 is 0 Å². The summed E-state index contributed by atoms with van der Waals surface area (Å²) >= 11 is 0. The largest absolute Gasteiger partial charge is 0.381 e. The van der Waals surface area contributed by atoms with Crippen molar-refractivity contribution in [2.45, 2.75) is 38.6 Å². The van der Waals surface area contributed by atoms with E-state index in [1.165, 1.54) is 6.42 Å². The van der Waals surface area contributed by atoms with Crippen LogP contribution in [0.2, 0.25) is 0 Å². The molecule has 0 saturated carbocycles. The van der Waals surface area contributed by atoms with Gasteiger partial charge in [0, 0.05) is 39.1 Å². The van der Waals surface area contributed by atoms with E-state index in [1.807, 2.05) is 6.92 Å². The maximum Gasteiger partial charge on any atom is 0.223 e.